The quantitative estimate of drug-likeness (QED) is 0.820. The highest BCUT2D eigenvalue weighted by Gasteiger charge is 2.16. The van der Waals surface area contributed by atoms with Gasteiger partial charge in [-0.3, -0.25) is 4.79 Å². The molecule has 0 aliphatic rings. The van der Waals surface area contributed by atoms with E-state index in [1.165, 1.54) is 0 Å². The number of nitrogens with one attached hydrogen (secondary N) is 1. The lowest BCUT2D eigenvalue weighted by Gasteiger charge is -2.16. The molecule has 0 saturated heterocycles. The molecule has 1 rings (SSSR count). The largest absolute Gasteiger partial charge is 0.347 e. The molecule has 1 heterocycles. The van der Waals surface area contributed by atoms with Gasteiger partial charge in [0.15, 0.2) is 0 Å². The second-order valence-electron chi connectivity index (χ2n) is 3.63. The van der Waals surface area contributed by atoms with E-state index in [0.717, 1.165) is 17.1 Å². The van der Waals surface area contributed by atoms with Crippen molar-refractivity contribution in [2.45, 2.75) is 25.4 Å². The number of hydrogen-bond acceptors (Lipinski definition) is 4. The number of hydrogen-bond donors (Lipinski definition) is 2. The number of rotatable bonds is 6. The second kappa shape index (κ2) is 6.93. The van der Waals surface area contributed by atoms with Gasteiger partial charge in [-0.15, -0.1) is 11.3 Å². The fraction of sp³-hybridized carbons (Fsp3) is 0.545. The molecular formula is C11H18N2OS2. The van der Waals surface area contributed by atoms with Crippen molar-refractivity contribution in [2.24, 2.45) is 5.73 Å². The van der Waals surface area contributed by atoms with Crippen LogP contribution in [-0.2, 0) is 4.79 Å². The molecule has 0 saturated carbocycles. The fourth-order valence-corrected chi connectivity index (χ4v) is 2.53. The first-order chi connectivity index (χ1) is 7.65. The molecule has 90 valence electrons. The van der Waals surface area contributed by atoms with Crippen molar-refractivity contribution < 1.29 is 4.79 Å². The zero-order chi connectivity index (χ0) is 12.0. The van der Waals surface area contributed by atoms with Crippen molar-refractivity contribution in [2.75, 3.05) is 12.0 Å². The Morgan fingerprint density at radius 2 is 2.44 bits per heavy atom. The molecule has 0 fully saturated rings. The predicted molar refractivity (Wildman–Crippen MR) is 71.9 cm³/mol. The topological polar surface area (TPSA) is 55.1 Å². The maximum Gasteiger partial charge on any atom is 0.237 e. The minimum atomic E-state index is -0.394. The molecule has 1 aromatic rings. The molecule has 3 nitrogen and oxygen atoms in total. The Bertz CT molecular complexity index is 314. The van der Waals surface area contributed by atoms with Gasteiger partial charge in [0, 0.05) is 4.88 Å². The highest BCUT2D eigenvalue weighted by atomic mass is 32.2. The second-order valence-corrected chi connectivity index (χ2v) is 5.60. The Morgan fingerprint density at radius 3 is 3.00 bits per heavy atom. The molecule has 0 aromatic carbocycles. The third-order valence-corrected chi connectivity index (χ3v) is 4.00. The van der Waals surface area contributed by atoms with Gasteiger partial charge in [-0.1, -0.05) is 6.07 Å². The lowest BCUT2D eigenvalue weighted by molar-refractivity contribution is -0.123. The lowest BCUT2D eigenvalue weighted by atomic mass is 10.2. The average molecular weight is 258 g/mol. The van der Waals surface area contributed by atoms with Crippen LogP contribution < -0.4 is 11.1 Å². The molecule has 0 aliphatic carbocycles. The minimum absolute atomic E-state index is 0.0489. The average Bonchev–Trinajstić information content (AvgIpc) is 2.79. The molecule has 3 N–H and O–H groups in total. The van der Waals surface area contributed by atoms with Crippen molar-refractivity contribution in [1.82, 2.24) is 5.32 Å². The number of amides is 1. The highest BCUT2D eigenvalue weighted by Crippen LogP contribution is 2.18. The van der Waals surface area contributed by atoms with Crippen LogP contribution in [0.2, 0.25) is 0 Å². The lowest BCUT2D eigenvalue weighted by Crippen LogP contribution is -2.41. The number of thioether (sulfide) groups is 1. The van der Waals surface area contributed by atoms with Crippen molar-refractivity contribution >= 4 is 29.0 Å². The van der Waals surface area contributed by atoms with Crippen LogP contribution in [0.15, 0.2) is 17.5 Å². The van der Waals surface area contributed by atoms with Gasteiger partial charge in [-0.05, 0) is 36.8 Å². The first kappa shape index (κ1) is 13.5. The Kier molecular flexibility index (Phi) is 5.87. The van der Waals surface area contributed by atoms with Gasteiger partial charge in [0.1, 0.15) is 0 Å². The van der Waals surface area contributed by atoms with Gasteiger partial charge in [0.25, 0.3) is 0 Å². The first-order valence-corrected chi connectivity index (χ1v) is 7.50. The van der Waals surface area contributed by atoms with Crippen LogP contribution in [0, 0.1) is 0 Å². The zero-order valence-corrected chi connectivity index (χ0v) is 11.2. The molecule has 16 heavy (non-hydrogen) atoms. The van der Waals surface area contributed by atoms with Gasteiger partial charge in [0.05, 0.1) is 12.1 Å². The molecule has 0 bridgehead atoms. The van der Waals surface area contributed by atoms with E-state index >= 15 is 0 Å². The van der Waals surface area contributed by atoms with Gasteiger partial charge in [-0.2, -0.15) is 11.8 Å². The van der Waals surface area contributed by atoms with Gasteiger partial charge in [-0.25, -0.2) is 0 Å². The standard InChI is InChI=1S/C11H18N2OS2/c1-8(10-4-3-6-16-10)13-11(14)9(12)5-7-15-2/h3-4,6,8-9H,5,7,12H2,1-2H3,(H,13,14)/t8-,9-/m1/s1. The Balaban J connectivity index is 2.39. The van der Waals surface area contributed by atoms with Crippen LogP contribution in [0.5, 0.6) is 0 Å². The molecule has 0 unspecified atom stereocenters. The summed E-state index contributed by atoms with van der Waals surface area (Å²) in [7, 11) is 0. The highest BCUT2D eigenvalue weighted by molar-refractivity contribution is 7.98. The van der Waals surface area contributed by atoms with Crippen LogP contribution in [0.3, 0.4) is 0 Å². The van der Waals surface area contributed by atoms with Crippen molar-refractivity contribution in [3.05, 3.63) is 22.4 Å². The molecule has 1 amide bonds. The third kappa shape index (κ3) is 4.15. The number of carbonyl (C=O) groups is 1. The summed E-state index contributed by atoms with van der Waals surface area (Å²) >= 11 is 3.35. The Labute approximate surface area is 105 Å². The Morgan fingerprint density at radius 1 is 1.69 bits per heavy atom. The van der Waals surface area contributed by atoms with Gasteiger partial charge >= 0.3 is 0 Å². The van der Waals surface area contributed by atoms with Gasteiger partial charge < -0.3 is 11.1 Å². The van der Waals surface area contributed by atoms with Crippen molar-refractivity contribution in [3.8, 4) is 0 Å². The Hall–Kier alpha value is -0.520. The molecule has 1 aromatic heterocycles. The SMILES string of the molecule is CSCC[C@@H](N)C(=O)N[C@H](C)c1cccs1. The van der Waals surface area contributed by atoms with E-state index < -0.39 is 6.04 Å². The summed E-state index contributed by atoms with van der Waals surface area (Å²) in [6.07, 6.45) is 2.74. The monoisotopic (exact) mass is 258 g/mol. The van der Waals surface area contributed by atoms with Crippen LogP contribution >= 0.6 is 23.1 Å². The molecule has 0 aliphatic heterocycles. The summed E-state index contributed by atoms with van der Waals surface area (Å²) in [5.74, 6) is 0.858. The summed E-state index contributed by atoms with van der Waals surface area (Å²) in [5.41, 5.74) is 5.78. The summed E-state index contributed by atoms with van der Waals surface area (Å²) in [6.45, 7) is 1.98. The third-order valence-electron chi connectivity index (χ3n) is 2.30. The van der Waals surface area contributed by atoms with E-state index in [2.05, 4.69) is 5.32 Å². The first-order valence-electron chi connectivity index (χ1n) is 5.23. The van der Waals surface area contributed by atoms with E-state index in [1.54, 1.807) is 23.1 Å². The summed E-state index contributed by atoms with van der Waals surface area (Å²) < 4.78 is 0. The van der Waals surface area contributed by atoms with E-state index in [0.29, 0.717) is 0 Å². The number of nitrogens with two attached hydrogens (primary N) is 1. The van der Waals surface area contributed by atoms with Crippen LogP contribution in [-0.4, -0.2) is 24.0 Å². The normalized spacial score (nSPS) is 14.4. The molecule has 0 spiro atoms. The molecule has 0 radical (unpaired) electrons. The fourth-order valence-electron chi connectivity index (χ4n) is 1.31. The summed E-state index contributed by atoms with van der Waals surface area (Å²) in [5, 5.41) is 4.93. The molecule has 5 heteroatoms. The van der Waals surface area contributed by atoms with Crippen LogP contribution in [0.4, 0.5) is 0 Å². The maximum atomic E-state index is 11.7. The van der Waals surface area contributed by atoms with E-state index in [-0.39, 0.29) is 11.9 Å². The zero-order valence-electron chi connectivity index (χ0n) is 9.60. The predicted octanol–water partition coefficient (Wildman–Crippen LogP) is 2.01. The number of thiophene rings is 1. The minimum Gasteiger partial charge on any atom is -0.347 e. The van der Waals surface area contributed by atoms with Gasteiger partial charge in [0.2, 0.25) is 5.91 Å². The van der Waals surface area contributed by atoms with E-state index in [9.17, 15) is 4.79 Å². The van der Waals surface area contributed by atoms with Crippen LogP contribution in [0.1, 0.15) is 24.3 Å². The van der Waals surface area contributed by atoms with E-state index in [1.807, 2.05) is 30.7 Å². The maximum absolute atomic E-state index is 11.7. The molecular weight excluding hydrogens is 240 g/mol. The van der Waals surface area contributed by atoms with Crippen LogP contribution in [0.25, 0.3) is 0 Å². The van der Waals surface area contributed by atoms with E-state index in [4.69, 9.17) is 5.73 Å². The number of carbonyl (C=O) groups excluding carboxylic acids is 1. The summed E-state index contributed by atoms with van der Waals surface area (Å²) in [4.78, 5) is 12.9. The summed E-state index contributed by atoms with van der Waals surface area (Å²) in [6, 6.07) is 3.65. The van der Waals surface area contributed by atoms with Crippen molar-refractivity contribution in [3.63, 3.8) is 0 Å². The molecule has 2 atom stereocenters. The smallest absolute Gasteiger partial charge is 0.237 e. The van der Waals surface area contributed by atoms with Crippen molar-refractivity contribution in [1.29, 1.82) is 0 Å².